The molecule has 0 fully saturated rings. The van der Waals surface area contributed by atoms with E-state index in [0.29, 0.717) is 11.3 Å². The van der Waals surface area contributed by atoms with Crippen LogP contribution < -0.4 is 5.32 Å². The van der Waals surface area contributed by atoms with Crippen LogP contribution in [0.25, 0.3) is 0 Å². The summed E-state index contributed by atoms with van der Waals surface area (Å²) < 4.78 is 25.7. The van der Waals surface area contributed by atoms with Gasteiger partial charge in [-0.25, -0.2) is 13.8 Å². The summed E-state index contributed by atoms with van der Waals surface area (Å²) in [6.07, 6.45) is 1.41. The third-order valence-corrected chi connectivity index (χ3v) is 2.68. The highest BCUT2D eigenvalue weighted by Crippen LogP contribution is 2.18. The second kappa shape index (κ2) is 5.75. The number of anilines is 1. The number of nitrogens with zero attached hydrogens (tertiary/aromatic N) is 1. The van der Waals surface area contributed by atoms with E-state index in [1.807, 2.05) is 0 Å². The van der Waals surface area contributed by atoms with Gasteiger partial charge < -0.3 is 5.32 Å². The Morgan fingerprint density at radius 3 is 2.74 bits per heavy atom. The van der Waals surface area contributed by atoms with Crippen molar-refractivity contribution >= 4 is 23.2 Å². The van der Waals surface area contributed by atoms with Gasteiger partial charge in [0.1, 0.15) is 0 Å². The minimum absolute atomic E-state index is 0.0809. The molecule has 2 aromatic rings. The van der Waals surface area contributed by atoms with Crippen molar-refractivity contribution in [2.24, 2.45) is 0 Å². The molecular weight excluding hydrogens is 274 g/mol. The lowest BCUT2D eigenvalue weighted by molar-refractivity contribution is -0.115. The highest BCUT2D eigenvalue weighted by molar-refractivity contribution is 6.32. The van der Waals surface area contributed by atoms with E-state index in [1.165, 1.54) is 12.3 Å². The fourth-order valence-electron chi connectivity index (χ4n) is 1.51. The van der Waals surface area contributed by atoms with Crippen LogP contribution in [-0.4, -0.2) is 10.9 Å². The number of hydrogen-bond acceptors (Lipinski definition) is 2. The van der Waals surface area contributed by atoms with E-state index < -0.39 is 11.6 Å². The lowest BCUT2D eigenvalue weighted by Gasteiger charge is -2.06. The maximum atomic E-state index is 13.0. The molecule has 0 saturated carbocycles. The number of hydrogen-bond donors (Lipinski definition) is 1. The number of amides is 1. The van der Waals surface area contributed by atoms with Crippen LogP contribution in [0.5, 0.6) is 0 Å². The van der Waals surface area contributed by atoms with Crippen molar-refractivity contribution in [3.63, 3.8) is 0 Å². The van der Waals surface area contributed by atoms with Crippen LogP contribution in [0.2, 0.25) is 5.15 Å². The normalized spacial score (nSPS) is 10.3. The van der Waals surface area contributed by atoms with Gasteiger partial charge in [-0.15, -0.1) is 0 Å². The third-order valence-electron chi connectivity index (χ3n) is 2.38. The Morgan fingerprint density at radius 1 is 1.26 bits per heavy atom. The Kier molecular flexibility index (Phi) is 4.06. The standard InChI is InChI=1S/C13H9ClF2N2O/c14-13-11(2-1-5-17-13)18-12(19)7-8-3-4-9(15)10(16)6-8/h1-6H,7H2,(H,18,19). The summed E-state index contributed by atoms with van der Waals surface area (Å²) in [7, 11) is 0. The van der Waals surface area contributed by atoms with Crippen LogP contribution in [0.1, 0.15) is 5.56 Å². The smallest absolute Gasteiger partial charge is 0.228 e. The zero-order valence-electron chi connectivity index (χ0n) is 9.66. The lowest BCUT2D eigenvalue weighted by Crippen LogP contribution is -2.15. The van der Waals surface area contributed by atoms with E-state index >= 15 is 0 Å². The molecule has 1 heterocycles. The minimum Gasteiger partial charge on any atom is -0.323 e. The van der Waals surface area contributed by atoms with Gasteiger partial charge in [0.25, 0.3) is 0 Å². The zero-order valence-corrected chi connectivity index (χ0v) is 10.4. The van der Waals surface area contributed by atoms with E-state index in [4.69, 9.17) is 11.6 Å². The van der Waals surface area contributed by atoms with Gasteiger partial charge in [0.2, 0.25) is 5.91 Å². The first-order valence-electron chi connectivity index (χ1n) is 5.40. The number of aromatic nitrogens is 1. The van der Waals surface area contributed by atoms with Crippen molar-refractivity contribution in [3.05, 3.63) is 58.9 Å². The molecule has 0 saturated heterocycles. The third kappa shape index (κ3) is 3.48. The minimum atomic E-state index is -0.982. The molecule has 1 aromatic carbocycles. The van der Waals surface area contributed by atoms with Gasteiger partial charge >= 0.3 is 0 Å². The maximum Gasteiger partial charge on any atom is 0.228 e. The first kappa shape index (κ1) is 13.4. The fourth-order valence-corrected chi connectivity index (χ4v) is 1.68. The highest BCUT2D eigenvalue weighted by atomic mass is 35.5. The molecule has 0 bridgehead atoms. The Bertz CT molecular complexity index is 619. The van der Waals surface area contributed by atoms with Gasteiger partial charge in [0.15, 0.2) is 16.8 Å². The van der Waals surface area contributed by atoms with E-state index in [0.717, 1.165) is 12.1 Å². The summed E-state index contributed by atoms with van der Waals surface area (Å²) in [4.78, 5) is 15.5. The first-order chi connectivity index (χ1) is 9.06. The number of halogens is 3. The van der Waals surface area contributed by atoms with Gasteiger partial charge in [0.05, 0.1) is 12.1 Å². The molecule has 0 unspecified atom stereocenters. The van der Waals surface area contributed by atoms with Crippen molar-refractivity contribution in [2.75, 3.05) is 5.32 Å². The average molecular weight is 283 g/mol. The molecule has 1 N–H and O–H groups in total. The lowest BCUT2D eigenvalue weighted by atomic mass is 10.1. The molecular formula is C13H9ClF2N2O. The van der Waals surface area contributed by atoms with Gasteiger partial charge in [-0.3, -0.25) is 4.79 Å². The highest BCUT2D eigenvalue weighted by Gasteiger charge is 2.09. The molecule has 6 heteroatoms. The number of rotatable bonds is 3. The van der Waals surface area contributed by atoms with Gasteiger partial charge in [-0.1, -0.05) is 17.7 Å². The van der Waals surface area contributed by atoms with E-state index in [-0.39, 0.29) is 17.5 Å². The summed E-state index contributed by atoms with van der Waals surface area (Å²) in [6.45, 7) is 0. The Balaban J connectivity index is 2.05. The molecule has 19 heavy (non-hydrogen) atoms. The quantitative estimate of drug-likeness (QED) is 0.879. The number of pyridine rings is 1. The van der Waals surface area contributed by atoms with Gasteiger partial charge in [-0.05, 0) is 29.8 Å². The Morgan fingerprint density at radius 2 is 2.05 bits per heavy atom. The monoisotopic (exact) mass is 282 g/mol. The Labute approximate surface area is 113 Å². The first-order valence-corrected chi connectivity index (χ1v) is 5.78. The predicted octanol–water partition coefficient (Wildman–Crippen LogP) is 3.19. The topological polar surface area (TPSA) is 42.0 Å². The van der Waals surface area contributed by atoms with Crippen molar-refractivity contribution in [2.45, 2.75) is 6.42 Å². The van der Waals surface area contributed by atoms with E-state index in [1.54, 1.807) is 12.1 Å². The molecule has 0 atom stereocenters. The van der Waals surface area contributed by atoms with Crippen molar-refractivity contribution in [1.29, 1.82) is 0 Å². The second-order valence-electron chi connectivity index (χ2n) is 3.82. The zero-order chi connectivity index (χ0) is 13.8. The van der Waals surface area contributed by atoms with E-state index in [2.05, 4.69) is 10.3 Å². The molecule has 1 aromatic heterocycles. The van der Waals surface area contributed by atoms with Crippen LogP contribution >= 0.6 is 11.6 Å². The predicted molar refractivity (Wildman–Crippen MR) is 67.9 cm³/mol. The number of benzene rings is 1. The van der Waals surface area contributed by atoms with Crippen molar-refractivity contribution in [1.82, 2.24) is 4.98 Å². The molecule has 0 spiro atoms. The molecule has 98 valence electrons. The van der Waals surface area contributed by atoms with Crippen LogP contribution in [0.3, 0.4) is 0 Å². The number of nitrogens with one attached hydrogen (secondary N) is 1. The summed E-state index contributed by atoms with van der Waals surface area (Å²) in [6, 6.07) is 6.54. The van der Waals surface area contributed by atoms with Crippen LogP contribution in [0.4, 0.5) is 14.5 Å². The summed E-state index contributed by atoms with van der Waals surface area (Å²) in [5.41, 5.74) is 0.744. The molecule has 2 rings (SSSR count). The SMILES string of the molecule is O=C(Cc1ccc(F)c(F)c1)Nc1cccnc1Cl. The summed E-state index contributed by atoms with van der Waals surface area (Å²) in [5.74, 6) is -2.31. The molecule has 0 aliphatic carbocycles. The van der Waals surface area contributed by atoms with E-state index in [9.17, 15) is 13.6 Å². The summed E-state index contributed by atoms with van der Waals surface area (Å²) in [5, 5.41) is 2.71. The maximum absolute atomic E-state index is 13.0. The molecule has 0 radical (unpaired) electrons. The molecule has 3 nitrogen and oxygen atoms in total. The second-order valence-corrected chi connectivity index (χ2v) is 4.17. The largest absolute Gasteiger partial charge is 0.323 e. The Hall–Kier alpha value is -2.01. The van der Waals surface area contributed by atoms with Crippen LogP contribution in [-0.2, 0) is 11.2 Å². The number of carbonyl (C=O) groups excluding carboxylic acids is 1. The molecule has 1 amide bonds. The van der Waals surface area contributed by atoms with Crippen molar-refractivity contribution < 1.29 is 13.6 Å². The summed E-state index contributed by atoms with van der Waals surface area (Å²) >= 11 is 5.78. The number of carbonyl (C=O) groups is 1. The van der Waals surface area contributed by atoms with Crippen molar-refractivity contribution in [3.8, 4) is 0 Å². The van der Waals surface area contributed by atoms with Gasteiger partial charge in [0, 0.05) is 6.20 Å². The van der Waals surface area contributed by atoms with Crippen LogP contribution in [0.15, 0.2) is 36.5 Å². The average Bonchev–Trinajstić information content (AvgIpc) is 2.37. The van der Waals surface area contributed by atoms with Crippen LogP contribution in [0, 0.1) is 11.6 Å². The molecule has 0 aliphatic heterocycles. The van der Waals surface area contributed by atoms with Gasteiger partial charge in [-0.2, -0.15) is 0 Å². The molecule has 0 aliphatic rings. The fraction of sp³-hybridized carbons (Fsp3) is 0.0769.